The molecule has 0 aliphatic carbocycles. The Morgan fingerprint density at radius 3 is 2.92 bits per heavy atom. The smallest absolute Gasteiger partial charge is 0.222 e. The molecule has 1 spiro atoms. The van der Waals surface area contributed by atoms with Crippen molar-refractivity contribution in [1.29, 1.82) is 0 Å². The van der Waals surface area contributed by atoms with E-state index >= 15 is 0 Å². The number of thiazole rings is 1. The number of rotatable bonds is 4. The van der Waals surface area contributed by atoms with Crippen LogP contribution in [-0.2, 0) is 16.1 Å². The Bertz CT molecular complexity index is 549. The van der Waals surface area contributed by atoms with E-state index in [1.165, 1.54) is 18.5 Å². The first-order chi connectivity index (χ1) is 11.7. The molecule has 24 heavy (non-hydrogen) atoms. The summed E-state index contributed by atoms with van der Waals surface area (Å²) in [6.45, 7) is 5.83. The van der Waals surface area contributed by atoms with Crippen molar-refractivity contribution in [1.82, 2.24) is 14.8 Å². The first-order valence-electron chi connectivity index (χ1n) is 9.21. The molecule has 0 unspecified atom stereocenters. The molecule has 4 heterocycles. The second-order valence-corrected chi connectivity index (χ2v) is 8.38. The zero-order valence-electron chi connectivity index (χ0n) is 14.3. The fourth-order valence-electron chi connectivity index (χ4n) is 4.44. The third kappa shape index (κ3) is 3.65. The van der Waals surface area contributed by atoms with Crippen LogP contribution in [0, 0.1) is 5.41 Å². The predicted molar refractivity (Wildman–Crippen MR) is 93.8 cm³/mol. The molecule has 132 valence electrons. The van der Waals surface area contributed by atoms with Crippen LogP contribution in [0.4, 0.5) is 0 Å². The van der Waals surface area contributed by atoms with Crippen molar-refractivity contribution in [3.8, 4) is 0 Å². The van der Waals surface area contributed by atoms with E-state index in [0.717, 1.165) is 65.0 Å². The highest BCUT2D eigenvalue weighted by molar-refractivity contribution is 7.07. The van der Waals surface area contributed by atoms with Crippen LogP contribution in [0.25, 0.3) is 0 Å². The summed E-state index contributed by atoms with van der Waals surface area (Å²) in [6.07, 6.45) is 6.71. The molecule has 3 saturated heterocycles. The summed E-state index contributed by atoms with van der Waals surface area (Å²) in [6, 6.07) is 0. The van der Waals surface area contributed by atoms with Crippen molar-refractivity contribution in [3.05, 3.63) is 16.6 Å². The van der Waals surface area contributed by atoms with Gasteiger partial charge in [0.15, 0.2) is 0 Å². The largest absolute Gasteiger partial charge is 0.376 e. The molecule has 0 N–H and O–H groups in total. The fourth-order valence-corrected chi connectivity index (χ4v) is 4.99. The lowest BCUT2D eigenvalue weighted by molar-refractivity contribution is -0.141. The van der Waals surface area contributed by atoms with Crippen LogP contribution in [0.3, 0.4) is 0 Å². The maximum atomic E-state index is 12.3. The number of hydrogen-bond donors (Lipinski definition) is 0. The number of nitrogens with zero attached hydrogens (tertiary/aromatic N) is 3. The molecule has 0 bridgehead atoms. The first-order valence-corrected chi connectivity index (χ1v) is 10.2. The molecule has 6 heteroatoms. The first kappa shape index (κ1) is 16.5. The quantitative estimate of drug-likeness (QED) is 0.838. The predicted octanol–water partition coefficient (Wildman–Crippen LogP) is 2.53. The summed E-state index contributed by atoms with van der Waals surface area (Å²) in [7, 11) is 0. The van der Waals surface area contributed by atoms with E-state index in [-0.39, 0.29) is 6.10 Å². The second-order valence-electron chi connectivity index (χ2n) is 7.67. The number of hydrogen-bond acceptors (Lipinski definition) is 5. The molecule has 3 aliphatic rings. The highest BCUT2D eigenvalue weighted by Gasteiger charge is 2.41. The van der Waals surface area contributed by atoms with Crippen LogP contribution >= 0.6 is 11.3 Å². The van der Waals surface area contributed by atoms with Gasteiger partial charge in [0.2, 0.25) is 5.91 Å². The van der Waals surface area contributed by atoms with Crippen LogP contribution in [0.1, 0.15) is 44.2 Å². The van der Waals surface area contributed by atoms with Crippen molar-refractivity contribution in [2.24, 2.45) is 5.41 Å². The average Bonchev–Trinajstić information content (AvgIpc) is 3.27. The maximum Gasteiger partial charge on any atom is 0.222 e. The van der Waals surface area contributed by atoms with Crippen molar-refractivity contribution in [2.75, 3.05) is 32.8 Å². The number of aromatic nitrogens is 1. The van der Waals surface area contributed by atoms with Gasteiger partial charge < -0.3 is 9.64 Å². The molecule has 0 saturated carbocycles. The van der Waals surface area contributed by atoms with Gasteiger partial charge in [-0.25, -0.2) is 4.98 Å². The topological polar surface area (TPSA) is 45.7 Å². The Morgan fingerprint density at radius 1 is 1.33 bits per heavy atom. The number of likely N-dealkylation sites (tertiary alicyclic amines) is 2. The summed E-state index contributed by atoms with van der Waals surface area (Å²) in [5, 5.41) is 2.15. The minimum Gasteiger partial charge on any atom is -0.376 e. The van der Waals surface area contributed by atoms with Crippen molar-refractivity contribution >= 4 is 17.2 Å². The Morgan fingerprint density at radius 2 is 2.21 bits per heavy atom. The molecule has 1 atom stereocenters. The molecule has 1 aromatic rings. The highest BCUT2D eigenvalue weighted by Crippen LogP contribution is 2.40. The Labute approximate surface area is 148 Å². The molecular formula is C18H27N3O2S. The minimum absolute atomic E-state index is 0.272. The van der Waals surface area contributed by atoms with Crippen LogP contribution in [-0.4, -0.2) is 59.6 Å². The van der Waals surface area contributed by atoms with E-state index in [4.69, 9.17) is 4.74 Å². The summed E-state index contributed by atoms with van der Waals surface area (Å²) in [5.41, 5.74) is 3.44. The normalized spacial score (nSPS) is 27.9. The Kier molecular flexibility index (Phi) is 4.88. The number of piperidine rings is 2. The number of ether oxygens (including phenoxy) is 1. The third-order valence-corrected chi connectivity index (χ3v) is 6.62. The van der Waals surface area contributed by atoms with Gasteiger partial charge in [-0.3, -0.25) is 9.69 Å². The van der Waals surface area contributed by atoms with Crippen molar-refractivity contribution < 1.29 is 9.53 Å². The molecular weight excluding hydrogens is 322 g/mol. The standard InChI is InChI=1S/C18H27N3O2S/c22-17-3-4-18(13-21(17)11-16-2-1-9-23-16)5-7-20(8-6-18)10-15-12-24-14-19-15/h12,14,16H,1-11,13H2/t16-/m0/s1. The zero-order chi connectivity index (χ0) is 16.4. The van der Waals surface area contributed by atoms with Gasteiger partial charge in [-0.2, -0.15) is 0 Å². The molecule has 4 rings (SSSR count). The van der Waals surface area contributed by atoms with Gasteiger partial charge in [-0.1, -0.05) is 0 Å². The van der Waals surface area contributed by atoms with Gasteiger partial charge in [-0.15, -0.1) is 11.3 Å². The van der Waals surface area contributed by atoms with Crippen LogP contribution < -0.4 is 0 Å². The van der Waals surface area contributed by atoms with Gasteiger partial charge >= 0.3 is 0 Å². The van der Waals surface area contributed by atoms with Crippen LogP contribution in [0.15, 0.2) is 10.9 Å². The number of amides is 1. The zero-order valence-corrected chi connectivity index (χ0v) is 15.1. The van der Waals surface area contributed by atoms with E-state index in [2.05, 4.69) is 20.2 Å². The molecule has 3 fully saturated rings. The SMILES string of the molecule is O=C1CCC2(CCN(Cc3cscn3)CC2)CN1C[C@@H]1CCCO1. The van der Waals surface area contributed by atoms with E-state index < -0.39 is 0 Å². The van der Waals surface area contributed by atoms with Crippen molar-refractivity contribution in [2.45, 2.75) is 51.2 Å². The molecule has 1 aromatic heterocycles. The number of carbonyl (C=O) groups excluding carboxylic acids is 1. The molecule has 5 nitrogen and oxygen atoms in total. The monoisotopic (exact) mass is 349 g/mol. The Hall–Kier alpha value is -0.980. The van der Waals surface area contributed by atoms with E-state index in [1.807, 2.05) is 5.51 Å². The minimum atomic E-state index is 0.272. The molecule has 0 aromatic carbocycles. The Balaban J connectivity index is 1.32. The maximum absolute atomic E-state index is 12.3. The van der Waals surface area contributed by atoms with Crippen LogP contribution in [0.2, 0.25) is 0 Å². The summed E-state index contributed by atoms with van der Waals surface area (Å²) in [4.78, 5) is 21.4. The molecule has 3 aliphatic heterocycles. The van der Waals surface area contributed by atoms with E-state index in [9.17, 15) is 4.79 Å². The molecule has 0 radical (unpaired) electrons. The number of carbonyl (C=O) groups is 1. The van der Waals surface area contributed by atoms with Crippen molar-refractivity contribution in [3.63, 3.8) is 0 Å². The lowest BCUT2D eigenvalue weighted by Crippen LogP contribution is -2.52. The lowest BCUT2D eigenvalue weighted by Gasteiger charge is -2.47. The van der Waals surface area contributed by atoms with E-state index in [1.54, 1.807) is 11.3 Å². The third-order valence-electron chi connectivity index (χ3n) is 5.98. The van der Waals surface area contributed by atoms with Gasteiger partial charge in [0.25, 0.3) is 0 Å². The highest BCUT2D eigenvalue weighted by atomic mass is 32.1. The van der Waals surface area contributed by atoms with Crippen LogP contribution in [0.5, 0.6) is 0 Å². The summed E-state index contributed by atoms with van der Waals surface area (Å²) < 4.78 is 5.75. The van der Waals surface area contributed by atoms with Gasteiger partial charge in [0, 0.05) is 38.0 Å². The van der Waals surface area contributed by atoms with Gasteiger partial charge in [0.05, 0.1) is 17.3 Å². The summed E-state index contributed by atoms with van der Waals surface area (Å²) in [5.74, 6) is 0.334. The molecule has 1 amide bonds. The fraction of sp³-hybridized carbons (Fsp3) is 0.778. The van der Waals surface area contributed by atoms with Gasteiger partial charge in [-0.05, 0) is 50.6 Å². The second kappa shape index (κ2) is 7.10. The lowest BCUT2D eigenvalue weighted by atomic mass is 9.72. The van der Waals surface area contributed by atoms with E-state index in [0.29, 0.717) is 11.3 Å². The average molecular weight is 350 g/mol. The summed E-state index contributed by atoms with van der Waals surface area (Å²) >= 11 is 1.67. The van der Waals surface area contributed by atoms with Gasteiger partial charge in [0.1, 0.15) is 0 Å².